The fourth-order valence-corrected chi connectivity index (χ4v) is 3.80. The molecule has 5 nitrogen and oxygen atoms in total. The van der Waals surface area contributed by atoms with Gasteiger partial charge in [-0.1, -0.05) is 18.2 Å². The van der Waals surface area contributed by atoms with Gasteiger partial charge in [0.25, 0.3) is 0 Å². The van der Waals surface area contributed by atoms with Crippen LogP contribution in [0.4, 0.5) is 13.2 Å². The van der Waals surface area contributed by atoms with Crippen molar-refractivity contribution in [2.45, 2.75) is 12.6 Å². The van der Waals surface area contributed by atoms with Crippen LogP contribution in [0.15, 0.2) is 85.2 Å². The number of nitrogens with zero attached hydrogens (tertiary/aromatic N) is 2. The van der Waals surface area contributed by atoms with E-state index in [9.17, 15) is 13.2 Å². The molecule has 0 spiro atoms. The van der Waals surface area contributed by atoms with Gasteiger partial charge >= 0.3 is 6.18 Å². The largest absolute Gasteiger partial charge is 0.497 e. The fraction of sp³-hybridized carbons (Fsp3) is 0.111. The van der Waals surface area contributed by atoms with Crippen molar-refractivity contribution in [2.75, 3.05) is 7.11 Å². The van der Waals surface area contributed by atoms with E-state index in [1.165, 1.54) is 6.07 Å². The highest BCUT2D eigenvalue weighted by atomic mass is 19.4. The summed E-state index contributed by atoms with van der Waals surface area (Å²) in [7, 11) is 1.61. The van der Waals surface area contributed by atoms with Crippen molar-refractivity contribution in [1.29, 1.82) is 0 Å². The molecule has 0 saturated heterocycles. The standard InChI is InChI=1S/C27H20F3N3O2/c1-34-21-9-10-22-23(15-21)31-12-11-25(22)35-20-7-5-18(6-8-20)24-16-32-26(33-24)14-17-3-2-4-19(13-17)27(28,29)30/h2-13,15-16H,14H2,1H3,(H,32,33). The SMILES string of the molecule is COc1ccc2c(Oc3ccc(-c4cnc(Cc5cccc(C(F)(F)F)c5)[nH]4)cc3)ccnc2c1. The summed E-state index contributed by atoms with van der Waals surface area (Å²) in [4.78, 5) is 11.9. The van der Waals surface area contributed by atoms with E-state index in [2.05, 4.69) is 15.0 Å². The van der Waals surface area contributed by atoms with Gasteiger partial charge in [-0.05, 0) is 59.7 Å². The number of pyridine rings is 1. The second-order valence-corrected chi connectivity index (χ2v) is 7.94. The van der Waals surface area contributed by atoms with Crippen LogP contribution >= 0.6 is 0 Å². The number of rotatable bonds is 6. The molecule has 0 unspecified atom stereocenters. The number of halogens is 3. The summed E-state index contributed by atoms with van der Waals surface area (Å²) < 4.78 is 50.2. The molecule has 0 fully saturated rings. The Balaban J connectivity index is 1.31. The molecule has 5 rings (SSSR count). The maximum absolute atomic E-state index is 13.0. The molecule has 0 amide bonds. The minimum atomic E-state index is -4.37. The Morgan fingerprint density at radius 1 is 0.886 bits per heavy atom. The van der Waals surface area contributed by atoms with Crippen LogP contribution in [0.1, 0.15) is 17.0 Å². The zero-order chi connectivity index (χ0) is 24.4. The van der Waals surface area contributed by atoms with Crippen molar-refractivity contribution in [3.05, 3.63) is 102 Å². The van der Waals surface area contributed by atoms with Crippen molar-refractivity contribution in [3.63, 3.8) is 0 Å². The summed E-state index contributed by atoms with van der Waals surface area (Å²) in [5.41, 5.74) is 2.28. The topological polar surface area (TPSA) is 60.0 Å². The molecular formula is C27H20F3N3O2. The monoisotopic (exact) mass is 475 g/mol. The number of hydrogen-bond acceptors (Lipinski definition) is 4. The van der Waals surface area contributed by atoms with Crippen LogP contribution in [-0.2, 0) is 12.6 Å². The normalized spacial score (nSPS) is 11.5. The summed E-state index contributed by atoms with van der Waals surface area (Å²) in [5.74, 6) is 2.63. The van der Waals surface area contributed by atoms with Crippen LogP contribution in [0.25, 0.3) is 22.2 Å². The Labute approximate surface area is 199 Å². The molecule has 2 heterocycles. The van der Waals surface area contributed by atoms with Crippen molar-refractivity contribution in [3.8, 4) is 28.5 Å². The molecule has 176 valence electrons. The first kappa shape index (κ1) is 22.5. The number of hydrogen-bond donors (Lipinski definition) is 1. The van der Waals surface area contributed by atoms with Crippen LogP contribution in [0.5, 0.6) is 17.2 Å². The van der Waals surface area contributed by atoms with Crippen LogP contribution in [-0.4, -0.2) is 22.1 Å². The molecule has 0 bridgehead atoms. The minimum Gasteiger partial charge on any atom is -0.497 e. The van der Waals surface area contributed by atoms with Crippen LogP contribution in [0, 0.1) is 0 Å². The van der Waals surface area contributed by atoms with E-state index in [4.69, 9.17) is 9.47 Å². The zero-order valence-electron chi connectivity index (χ0n) is 18.6. The molecule has 0 aliphatic rings. The first-order chi connectivity index (χ1) is 16.9. The summed E-state index contributed by atoms with van der Waals surface area (Å²) in [6, 6.07) is 20.2. The number of aromatic amines is 1. The molecule has 0 aliphatic heterocycles. The van der Waals surface area contributed by atoms with Crippen molar-refractivity contribution < 1.29 is 22.6 Å². The van der Waals surface area contributed by atoms with E-state index in [0.29, 0.717) is 22.9 Å². The highest BCUT2D eigenvalue weighted by Crippen LogP contribution is 2.32. The lowest BCUT2D eigenvalue weighted by atomic mass is 10.1. The summed E-state index contributed by atoms with van der Waals surface area (Å²) >= 11 is 0. The molecule has 3 aromatic carbocycles. The summed E-state index contributed by atoms with van der Waals surface area (Å²) in [5, 5.41) is 0.866. The van der Waals surface area contributed by atoms with Gasteiger partial charge in [0.05, 0.1) is 30.1 Å². The Hall–Kier alpha value is -4.33. The van der Waals surface area contributed by atoms with Crippen LogP contribution < -0.4 is 9.47 Å². The predicted octanol–water partition coefficient (Wildman–Crippen LogP) is 7.04. The van der Waals surface area contributed by atoms with Gasteiger partial charge in [-0.15, -0.1) is 0 Å². The van der Waals surface area contributed by atoms with Gasteiger partial charge in [0, 0.05) is 24.1 Å². The van der Waals surface area contributed by atoms with E-state index >= 15 is 0 Å². The third-order valence-electron chi connectivity index (χ3n) is 5.56. The number of H-pyrrole nitrogens is 1. The first-order valence-corrected chi connectivity index (χ1v) is 10.8. The summed E-state index contributed by atoms with van der Waals surface area (Å²) in [6.07, 6.45) is -0.751. The van der Waals surface area contributed by atoms with Gasteiger partial charge in [-0.2, -0.15) is 13.2 Å². The summed E-state index contributed by atoms with van der Waals surface area (Å²) in [6.45, 7) is 0. The number of fused-ring (bicyclic) bond motifs is 1. The smallest absolute Gasteiger partial charge is 0.416 e. The van der Waals surface area contributed by atoms with E-state index in [0.717, 1.165) is 40.0 Å². The second-order valence-electron chi connectivity index (χ2n) is 7.94. The van der Waals surface area contributed by atoms with Gasteiger partial charge in [-0.3, -0.25) is 4.98 Å². The lowest BCUT2D eigenvalue weighted by molar-refractivity contribution is -0.137. The number of nitrogens with one attached hydrogen (secondary N) is 1. The van der Waals surface area contributed by atoms with E-state index in [-0.39, 0.29) is 6.42 Å². The Morgan fingerprint density at radius 3 is 2.46 bits per heavy atom. The van der Waals surface area contributed by atoms with Crippen molar-refractivity contribution in [1.82, 2.24) is 15.0 Å². The molecule has 8 heteroatoms. The lowest BCUT2D eigenvalue weighted by Gasteiger charge is -2.10. The van der Waals surface area contributed by atoms with Gasteiger partial charge in [0.15, 0.2) is 0 Å². The second kappa shape index (κ2) is 9.13. The van der Waals surface area contributed by atoms with Gasteiger partial charge in [0.1, 0.15) is 23.1 Å². The quantitative estimate of drug-likeness (QED) is 0.286. The Bertz CT molecular complexity index is 1480. The minimum absolute atomic E-state index is 0.269. The van der Waals surface area contributed by atoms with Crippen LogP contribution in [0.2, 0.25) is 0 Å². The molecule has 0 aliphatic carbocycles. The molecule has 1 N–H and O–H groups in total. The fourth-order valence-electron chi connectivity index (χ4n) is 3.80. The van der Waals surface area contributed by atoms with Crippen LogP contribution in [0.3, 0.4) is 0 Å². The number of methoxy groups -OCH3 is 1. The average molecular weight is 475 g/mol. The highest BCUT2D eigenvalue weighted by molar-refractivity contribution is 5.86. The van der Waals surface area contributed by atoms with E-state index < -0.39 is 11.7 Å². The lowest BCUT2D eigenvalue weighted by Crippen LogP contribution is -2.05. The number of alkyl halides is 3. The molecular weight excluding hydrogens is 455 g/mol. The molecule has 0 saturated carbocycles. The van der Waals surface area contributed by atoms with Crippen molar-refractivity contribution in [2.24, 2.45) is 0 Å². The van der Waals surface area contributed by atoms with Crippen molar-refractivity contribution >= 4 is 10.9 Å². The molecule has 0 radical (unpaired) electrons. The number of aromatic nitrogens is 3. The maximum Gasteiger partial charge on any atom is 0.416 e. The molecule has 2 aromatic heterocycles. The van der Waals surface area contributed by atoms with Gasteiger partial charge < -0.3 is 14.5 Å². The molecule has 35 heavy (non-hydrogen) atoms. The number of ether oxygens (including phenoxy) is 2. The Morgan fingerprint density at radius 2 is 1.69 bits per heavy atom. The van der Waals surface area contributed by atoms with Gasteiger partial charge in [0.2, 0.25) is 0 Å². The average Bonchev–Trinajstić information content (AvgIpc) is 3.32. The van der Waals surface area contributed by atoms with Gasteiger partial charge in [-0.25, -0.2) is 4.98 Å². The predicted molar refractivity (Wildman–Crippen MR) is 127 cm³/mol. The number of imidazole rings is 1. The van der Waals surface area contributed by atoms with E-state index in [1.807, 2.05) is 42.5 Å². The third-order valence-corrected chi connectivity index (χ3v) is 5.56. The molecule has 0 atom stereocenters. The third kappa shape index (κ3) is 4.96. The van der Waals surface area contributed by atoms with E-state index in [1.54, 1.807) is 31.6 Å². The molecule has 5 aromatic rings. The first-order valence-electron chi connectivity index (χ1n) is 10.8. The number of benzene rings is 3. The highest BCUT2D eigenvalue weighted by Gasteiger charge is 2.30. The maximum atomic E-state index is 13.0. The Kier molecular flexibility index (Phi) is 5.86. The zero-order valence-corrected chi connectivity index (χ0v) is 18.6.